The Hall–Kier alpha value is -2.80. The number of aromatic nitrogens is 2. The SMILES string of the molecule is CCCN1CCN(Cc2cc(C(=O)NN(CC(C)C)c3nc(C#N)ncc3Cl)ccc2F)CC1. The Morgan fingerprint density at radius 1 is 1.29 bits per heavy atom. The van der Waals surface area contributed by atoms with Crippen LogP contribution < -0.4 is 10.4 Å². The van der Waals surface area contributed by atoms with E-state index in [1.54, 1.807) is 6.07 Å². The second-order valence-electron chi connectivity index (χ2n) is 8.85. The van der Waals surface area contributed by atoms with Crippen LogP contribution >= 0.6 is 11.6 Å². The molecule has 2 aromatic rings. The lowest BCUT2D eigenvalue weighted by atomic mass is 10.1. The highest BCUT2D eigenvalue weighted by atomic mass is 35.5. The number of nitrogens with one attached hydrogen (secondary N) is 1. The van der Waals surface area contributed by atoms with E-state index in [9.17, 15) is 9.18 Å². The third-order valence-corrected chi connectivity index (χ3v) is 5.84. The summed E-state index contributed by atoms with van der Waals surface area (Å²) >= 11 is 6.26. The molecule has 1 fully saturated rings. The molecule has 1 N–H and O–H groups in total. The fourth-order valence-electron chi connectivity index (χ4n) is 3.90. The van der Waals surface area contributed by atoms with Crippen LogP contribution in [0.5, 0.6) is 0 Å². The molecule has 1 aromatic carbocycles. The number of benzene rings is 1. The molecular formula is C24H31ClFN7O. The Morgan fingerprint density at radius 2 is 2.00 bits per heavy atom. The first-order valence-corrected chi connectivity index (χ1v) is 11.9. The maximum Gasteiger partial charge on any atom is 0.269 e. The van der Waals surface area contributed by atoms with E-state index in [4.69, 9.17) is 16.9 Å². The molecule has 0 saturated carbocycles. The Labute approximate surface area is 205 Å². The summed E-state index contributed by atoms with van der Waals surface area (Å²) in [5.41, 5.74) is 3.63. The van der Waals surface area contributed by atoms with Crippen molar-refractivity contribution in [3.63, 3.8) is 0 Å². The van der Waals surface area contributed by atoms with E-state index in [0.29, 0.717) is 24.2 Å². The van der Waals surface area contributed by atoms with Gasteiger partial charge < -0.3 is 4.90 Å². The summed E-state index contributed by atoms with van der Waals surface area (Å²) in [7, 11) is 0. The maximum atomic E-state index is 14.6. The van der Waals surface area contributed by atoms with Crippen LogP contribution in [-0.4, -0.2) is 64.9 Å². The summed E-state index contributed by atoms with van der Waals surface area (Å²) < 4.78 is 14.6. The molecule has 3 rings (SSSR count). The summed E-state index contributed by atoms with van der Waals surface area (Å²) in [5.74, 6) is -0.396. The maximum absolute atomic E-state index is 14.6. The molecule has 0 spiro atoms. The molecule has 8 nitrogen and oxygen atoms in total. The summed E-state index contributed by atoms with van der Waals surface area (Å²) in [4.78, 5) is 25.7. The van der Waals surface area contributed by atoms with Crippen molar-refractivity contribution in [3.8, 4) is 6.07 Å². The van der Waals surface area contributed by atoms with Gasteiger partial charge in [0.25, 0.3) is 5.91 Å². The van der Waals surface area contributed by atoms with Crippen LogP contribution in [0.25, 0.3) is 0 Å². The number of amides is 1. The molecule has 1 saturated heterocycles. The first kappa shape index (κ1) is 25.8. The summed E-state index contributed by atoms with van der Waals surface area (Å²) in [5, 5.41) is 10.9. The van der Waals surface area contributed by atoms with Crippen molar-refractivity contribution in [2.45, 2.75) is 33.7 Å². The van der Waals surface area contributed by atoms with Crippen molar-refractivity contribution in [2.24, 2.45) is 5.92 Å². The number of piperazine rings is 1. The van der Waals surface area contributed by atoms with Crippen molar-refractivity contribution in [2.75, 3.05) is 44.3 Å². The molecule has 1 aromatic heterocycles. The summed E-state index contributed by atoms with van der Waals surface area (Å²) in [6.07, 6.45) is 2.45. The van der Waals surface area contributed by atoms with Crippen LogP contribution in [-0.2, 0) is 6.54 Å². The molecule has 1 amide bonds. The summed E-state index contributed by atoms with van der Waals surface area (Å²) in [6.45, 7) is 11.7. The Morgan fingerprint density at radius 3 is 2.65 bits per heavy atom. The van der Waals surface area contributed by atoms with Gasteiger partial charge in [0.1, 0.15) is 16.9 Å². The largest absolute Gasteiger partial charge is 0.301 e. The number of anilines is 1. The minimum Gasteiger partial charge on any atom is -0.301 e. The van der Waals surface area contributed by atoms with Gasteiger partial charge >= 0.3 is 0 Å². The van der Waals surface area contributed by atoms with Gasteiger partial charge in [-0.1, -0.05) is 32.4 Å². The van der Waals surface area contributed by atoms with Crippen LogP contribution in [0.2, 0.25) is 5.02 Å². The minimum absolute atomic E-state index is 0.0505. The van der Waals surface area contributed by atoms with Crippen molar-refractivity contribution >= 4 is 23.3 Å². The van der Waals surface area contributed by atoms with E-state index < -0.39 is 5.91 Å². The number of hydrogen-bond donors (Lipinski definition) is 1. The van der Waals surface area contributed by atoms with Crippen LogP contribution in [0.1, 0.15) is 48.9 Å². The molecule has 182 valence electrons. The molecule has 10 heteroatoms. The van der Waals surface area contributed by atoms with Gasteiger partial charge in [0.15, 0.2) is 5.82 Å². The van der Waals surface area contributed by atoms with E-state index >= 15 is 0 Å². The van der Waals surface area contributed by atoms with Gasteiger partial charge in [0.05, 0.1) is 6.20 Å². The number of rotatable bonds is 9. The molecule has 0 unspecified atom stereocenters. The molecule has 0 bridgehead atoms. The number of halogens is 2. The fourth-order valence-corrected chi connectivity index (χ4v) is 4.10. The Kier molecular flexibility index (Phi) is 9.16. The molecule has 2 heterocycles. The number of nitriles is 1. The highest BCUT2D eigenvalue weighted by Crippen LogP contribution is 2.23. The number of nitrogens with zero attached hydrogens (tertiary/aromatic N) is 6. The Balaban J connectivity index is 1.75. The summed E-state index contributed by atoms with van der Waals surface area (Å²) in [6, 6.07) is 6.27. The molecule has 0 radical (unpaired) electrons. The monoisotopic (exact) mass is 487 g/mol. The molecule has 34 heavy (non-hydrogen) atoms. The van der Waals surface area contributed by atoms with Gasteiger partial charge in [-0.2, -0.15) is 10.2 Å². The van der Waals surface area contributed by atoms with Crippen LogP contribution in [0.15, 0.2) is 24.4 Å². The number of carbonyl (C=O) groups is 1. The fraction of sp³-hybridized carbons (Fsp3) is 0.500. The average Bonchev–Trinajstić information content (AvgIpc) is 2.81. The highest BCUT2D eigenvalue weighted by molar-refractivity contribution is 6.32. The van der Waals surface area contributed by atoms with Crippen LogP contribution in [0.3, 0.4) is 0 Å². The molecular weight excluding hydrogens is 457 g/mol. The second kappa shape index (κ2) is 12.1. The zero-order valence-electron chi connectivity index (χ0n) is 19.9. The predicted octanol–water partition coefficient (Wildman–Crippen LogP) is 3.48. The zero-order valence-corrected chi connectivity index (χ0v) is 20.6. The highest BCUT2D eigenvalue weighted by Gasteiger charge is 2.21. The molecule has 1 aliphatic rings. The molecule has 0 aliphatic carbocycles. The van der Waals surface area contributed by atoms with Crippen molar-refractivity contribution in [1.29, 1.82) is 5.26 Å². The van der Waals surface area contributed by atoms with Crippen LogP contribution in [0.4, 0.5) is 10.2 Å². The zero-order chi connectivity index (χ0) is 24.7. The normalized spacial score (nSPS) is 14.7. The van der Waals surface area contributed by atoms with Gasteiger partial charge in [-0.05, 0) is 37.1 Å². The average molecular weight is 488 g/mol. The topological polar surface area (TPSA) is 88.4 Å². The molecule has 1 aliphatic heterocycles. The van der Waals surface area contributed by atoms with Gasteiger partial charge in [0.2, 0.25) is 5.82 Å². The first-order valence-electron chi connectivity index (χ1n) is 11.5. The quantitative estimate of drug-likeness (QED) is 0.542. The van der Waals surface area contributed by atoms with Crippen molar-refractivity contribution in [1.82, 2.24) is 25.2 Å². The number of carbonyl (C=O) groups excluding carboxylic acids is 1. The minimum atomic E-state index is -0.414. The van der Waals surface area contributed by atoms with E-state index in [2.05, 4.69) is 32.1 Å². The van der Waals surface area contributed by atoms with Crippen molar-refractivity contribution < 1.29 is 9.18 Å². The van der Waals surface area contributed by atoms with Gasteiger partial charge in [0, 0.05) is 50.4 Å². The first-order chi connectivity index (χ1) is 16.3. The van der Waals surface area contributed by atoms with Crippen LogP contribution in [0, 0.1) is 23.1 Å². The lowest BCUT2D eigenvalue weighted by Crippen LogP contribution is -2.46. The van der Waals surface area contributed by atoms with Gasteiger partial charge in [-0.3, -0.25) is 20.1 Å². The Bertz CT molecular complexity index is 1030. The van der Waals surface area contributed by atoms with Crippen molar-refractivity contribution in [3.05, 3.63) is 52.2 Å². The predicted molar refractivity (Wildman–Crippen MR) is 130 cm³/mol. The van der Waals surface area contributed by atoms with E-state index in [0.717, 1.165) is 39.1 Å². The van der Waals surface area contributed by atoms with Gasteiger partial charge in [-0.15, -0.1) is 0 Å². The third kappa shape index (κ3) is 6.86. The van der Waals surface area contributed by atoms with E-state index in [1.807, 2.05) is 19.9 Å². The van der Waals surface area contributed by atoms with E-state index in [1.165, 1.54) is 23.3 Å². The van der Waals surface area contributed by atoms with Gasteiger partial charge in [-0.25, -0.2) is 9.37 Å². The lowest BCUT2D eigenvalue weighted by molar-refractivity contribution is 0.0946. The lowest BCUT2D eigenvalue weighted by Gasteiger charge is -2.34. The number of hydrazine groups is 1. The third-order valence-electron chi connectivity index (χ3n) is 5.57. The van der Waals surface area contributed by atoms with E-state index in [-0.39, 0.29) is 28.4 Å². The smallest absolute Gasteiger partial charge is 0.269 e. The molecule has 0 atom stereocenters. The standard InChI is InChI=1S/C24H31ClFN7O/c1-4-7-31-8-10-32(11-9-31)16-19-12-18(5-6-21(19)26)24(34)30-33(15-17(2)3)23-20(25)14-28-22(13-27)29-23/h5-6,12,14,17H,4,7-11,15-16H2,1-3H3,(H,30,34). The number of hydrogen-bond acceptors (Lipinski definition) is 7. The second-order valence-corrected chi connectivity index (χ2v) is 9.25.